The highest BCUT2D eigenvalue weighted by Crippen LogP contribution is 2.36. The lowest BCUT2D eigenvalue weighted by Gasteiger charge is -2.33. The third kappa shape index (κ3) is 3.16. The monoisotopic (exact) mass is 264 g/mol. The van der Waals surface area contributed by atoms with Gasteiger partial charge in [-0.1, -0.05) is 45.0 Å². The van der Waals surface area contributed by atoms with Crippen molar-refractivity contribution in [3.8, 4) is 0 Å². The fraction of sp³-hybridized carbons (Fsp3) is 0.562. The van der Waals surface area contributed by atoms with E-state index in [-0.39, 0.29) is 5.97 Å². The number of rotatable bonds is 6. The van der Waals surface area contributed by atoms with Gasteiger partial charge in [-0.2, -0.15) is 0 Å². The van der Waals surface area contributed by atoms with Crippen molar-refractivity contribution in [2.75, 3.05) is 7.11 Å². The number of carbonyl (C=O) groups is 1. The Morgan fingerprint density at radius 2 is 1.84 bits per heavy atom. The first kappa shape index (κ1) is 15.7. The Labute approximate surface area is 115 Å². The Morgan fingerprint density at radius 3 is 2.21 bits per heavy atom. The van der Waals surface area contributed by atoms with Crippen molar-refractivity contribution in [3.05, 3.63) is 35.4 Å². The van der Waals surface area contributed by atoms with E-state index in [0.717, 1.165) is 12.0 Å². The topological polar surface area (TPSA) is 46.5 Å². The number of aryl methyl sites for hydroxylation is 1. The molecule has 3 heteroatoms. The van der Waals surface area contributed by atoms with Crippen LogP contribution in [0.3, 0.4) is 0 Å². The van der Waals surface area contributed by atoms with Crippen molar-refractivity contribution in [3.63, 3.8) is 0 Å². The predicted molar refractivity (Wildman–Crippen MR) is 75.8 cm³/mol. The van der Waals surface area contributed by atoms with Gasteiger partial charge in [-0.15, -0.1) is 0 Å². The van der Waals surface area contributed by atoms with Gasteiger partial charge in [0.2, 0.25) is 0 Å². The van der Waals surface area contributed by atoms with Crippen molar-refractivity contribution < 1.29 is 14.6 Å². The molecule has 0 bridgehead atoms. The lowest BCUT2D eigenvalue weighted by Crippen LogP contribution is -2.39. The molecule has 2 atom stereocenters. The first-order chi connectivity index (χ1) is 9.03. The van der Waals surface area contributed by atoms with E-state index in [4.69, 9.17) is 4.74 Å². The number of hydrogen-bond acceptors (Lipinski definition) is 3. The predicted octanol–water partition coefficient (Wildman–Crippen LogP) is 3.05. The van der Waals surface area contributed by atoms with Crippen LogP contribution in [-0.4, -0.2) is 18.2 Å². The van der Waals surface area contributed by atoms with Crippen LogP contribution in [0.1, 0.15) is 44.7 Å². The summed E-state index contributed by atoms with van der Waals surface area (Å²) in [6, 6.07) is 7.82. The molecule has 1 aromatic carbocycles. The Balaban J connectivity index is 3.16. The molecule has 0 aliphatic rings. The van der Waals surface area contributed by atoms with E-state index in [1.54, 1.807) is 0 Å². The Hall–Kier alpha value is -1.35. The number of carbonyl (C=O) groups excluding carboxylic acids is 1. The molecule has 1 N–H and O–H groups in total. The van der Waals surface area contributed by atoms with Gasteiger partial charge in [0.15, 0.2) is 0 Å². The Morgan fingerprint density at radius 1 is 1.26 bits per heavy atom. The summed E-state index contributed by atoms with van der Waals surface area (Å²) in [5, 5.41) is 10.9. The number of esters is 1. The highest BCUT2D eigenvalue weighted by atomic mass is 16.5. The van der Waals surface area contributed by atoms with Gasteiger partial charge < -0.3 is 9.84 Å². The Bertz CT molecular complexity index is 411. The minimum absolute atomic E-state index is 0.355. The normalized spacial score (nSPS) is 15.6. The van der Waals surface area contributed by atoms with E-state index in [9.17, 15) is 9.90 Å². The zero-order chi connectivity index (χ0) is 14.5. The molecule has 2 unspecified atom stereocenters. The van der Waals surface area contributed by atoms with Gasteiger partial charge in [0.05, 0.1) is 13.0 Å². The molecule has 0 saturated heterocycles. The van der Waals surface area contributed by atoms with E-state index in [1.165, 1.54) is 12.7 Å². The number of hydrogen-bond donors (Lipinski definition) is 1. The average Bonchev–Trinajstić information content (AvgIpc) is 2.47. The standard InChI is InChI=1S/C16H24O3/c1-5-12-8-10-13(11-9-12)16(18,7-3)14(6-2)15(17)19-4/h8-11,14,18H,5-7H2,1-4H3. The molecule has 106 valence electrons. The minimum Gasteiger partial charge on any atom is -0.469 e. The lowest BCUT2D eigenvalue weighted by molar-refractivity contribution is -0.157. The van der Waals surface area contributed by atoms with Crippen LogP contribution in [-0.2, 0) is 21.6 Å². The molecule has 3 nitrogen and oxygen atoms in total. The molecule has 0 radical (unpaired) electrons. The zero-order valence-electron chi connectivity index (χ0n) is 12.3. The van der Waals surface area contributed by atoms with Gasteiger partial charge in [0.25, 0.3) is 0 Å². The fourth-order valence-electron chi connectivity index (χ4n) is 2.52. The van der Waals surface area contributed by atoms with Gasteiger partial charge in [-0.25, -0.2) is 0 Å². The molecule has 19 heavy (non-hydrogen) atoms. The summed E-state index contributed by atoms with van der Waals surface area (Å²) in [5.74, 6) is -0.888. The summed E-state index contributed by atoms with van der Waals surface area (Å²) >= 11 is 0. The van der Waals surface area contributed by atoms with E-state index in [2.05, 4.69) is 6.92 Å². The molecular formula is C16H24O3. The molecule has 0 aliphatic carbocycles. The molecule has 0 amide bonds. The highest BCUT2D eigenvalue weighted by molar-refractivity contribution is 5.74. The summed E-state index contributed by atoms with van der Waals surface area (Å²) in [6.07, 6.45) is 1.98. The summed E-state index contributed by atoms with van der Waals surface area (Å²) in [5.41, 5.74) is 0.839. The number of benzene rings is 1. The third-order valence-corrected chi connectivity index (χ3v) is 3.87. The molecule has 1 rings (SSSR count). The van der Waals surface area contributed by atoms with Gasteiger partial charge in [0.1, 0.15) is 5.60 Å². The van der Waals surface area contributed by atoms with Crippen molar-refractivity contribution in [2.24, 2.45) is 5.92 Å². The second kappa shape index (κ2) is 6.71. The lowest BCUT2D eigenvalue weighted by atomic mass is 9.77. The van der Waals surface area contributed by atoms with Crippen LogP contribution in [0, 0.1) is 5.92 Å². The fourth-order valence-corrected chi connectivity index (χ4v) is 2.52. The quantitative estimate of drug-likeness (QED) is 0.803. The second-order valence-electron chi connectivity index (χ2n) is 4.81. The van der Waals surface area contributed by atoms with E-state index >= 15 is 0 Å². The summed E-state index contributed by atoms with van der Waals surface area (Å²) in [6.45, 7) is 5.87. The van der Waals surface area contributed by atoms with Crippen molar-refractivity contribution in [2.45, 2.75) is 45.6 Å². The molecule has 0 saturated carbocycles. The molecule has 1 aromatic rings. The molecule has 0 heterocycles. The van der Waals surface area contributed by atoms with Crippen LogP contribution in [0.5, 0.6) is 0 Å². The average molecular weight is 264 g/mol. The smallest absolute Gasteiger partial charge is 0.311 e. The second-order valence-corrected chi connectivity index (χ2v) is 4.81. The van der Waals surface area contributed by atoms with E-state index < -0.39 is 11.5 Å². The first-order valence-corrected chi connectivity index (χ1v) is 6.93. The highest BCUT2D eigenvalue weighted by Gasteiger charge is 2.41. The van der Waals surface area contributed by atoms with Crippen LogP contribution in [0.15, 0.2) is 24.3 Å². The van der Waals surface area contributed by atoms with Crippen molar-refractivity contribution >= 4 is 5.97 Å². The number of methoxy groups -OCH3 is 1. The maximum absolute atomic E-state index is 11.9. The summed E-state index contributed by atoms with van der Waals surface area (Å²) in [7, 11) is 1.36. The van der Waals surface area contributed by atoms with Crippen molar-refractivity contribution in [1.29, 1.82) is 0 Å². The molecule has 0 spiro atoms. The first-order valence-electron chi connectivity index (χ1n) is 6.93. The maximum Gasteiger partial charge on any atom is 0.311 e. The Kier molecular flexibility index (Phi) is 5.55. The summed E-state index contributed by atoms with van der Waals surface area (Å²) < 4.78 is 4.82. The molecule has 0 fully saturated rings. The minimum atomic E-state index is -1.16. The van der Waals surface area contributed by atoms with E-state index in [1.807, 2.05) is 38.1 Å². The van der Waals surface area contributed by atoms with Crippen LogP contribution in [0.4, 0.5) is 0 Å². The van der Waals surface area contributed by atoms with Crippen LogP contribution >= 0.6 is 0 Å². The third-order valence-electron chi connectivity index (χ3n) is 3.87. The van der Waals surface area contributed by atoms with Gasteiger partial charge in [0, 0.05) is 0 Å². The van der Waals surface area contributed by atoms with Gasteiger partial charge in [-0.3, -0.25) is 4.79 Å². The SMILES string of the molecule is CCc1ccc(C(O)(CC)C(CC)C(=O)OC)cc1. The number of ether oxygens (including phenoxy) is 1. The maximum atomic E-state index is 11.9. The van der Waals surface area contributed by atoms with E-state index in [0.29, 0.717) is 12.8 Å². The van der Waals surface area contributed by atoms with Crippen LogP contribution < -0.4 is 0 Å². The largest absolute Gasteiger partial charge is 0.469 e. The molecular weight excluding hydrogens is 240 g/mol. The molecule has 0 aromatic heterocycles. The van der Waals surface area contributed by atoms with Gasteiger partial charge >= 0.3 is 5.97 Å². The van der Waals surface area contributed by atoms with Crippen LogP contribution in [0.2, 0.25) is 0 Å². The van der Waals surface area contributed by atoms with Crippen molar-refractivity contribution in [1.82, 2.24) is 0 Å². The molecule has 0 aliphatic heterocycles. The van der Waals surface area contributed by atoms with Gasteiger partial charge in [-0.05, 0) is 30.4 Å². The summed E-state index contributed by atoms with van der Waals surface area (Å²) in [4.78, 5) is 11.9. The zero-order valence-corrected chi connectivity index (χ0v) is 12.3. The number of aliphatic hydroxyl groups is 1. The van der Waals surface area contributed by atoms with Crippen LogP contribution in [0.25, 0.3) is 0 Å².